The molecule has 1 aromatic heterocycles. The predicted molar refractivity (Wildman–Crippen MR) is 74.7 cm³/mol. The van der Waals surface area contributed by atoms with Crippen molar-refractivity contribution in [2.75, 3.05) is 5.73 Å². The van der Waals surface area contributed by atoms with Crippen molar-refractivity contribution < 1.29 is 0 Å². The number of rotatable bonds is 3. The molecule has 0 fully saturated rings. The molecule has 0 saturated heterocycles. The van der Waals surface area contributed by atoms with E-state index < -0.39 is 0 Å². The highest BCUT2D eigenvalue weighted by molar-refractivity contribution is 7.98. The number of nitrogen functional groups attached to an aromatic ring is 1. The lowest BCUT2D eigenvalue weighted by Crippen LogP contribution is -1.86. The predicted octanol–water partition coefficient (Wildman–Crippen LogP) is 4.26. The van der Waals surface area contributed by atoms with Crippen LogP contribution in [0.2, 0.25) is 10.2 Å². The van der Waals surface area contributed by atoms with Crippen molar-refractivity contribution in [2.45, 2.75) is 10.6 Å². The first-order valence-corrected chi connectivity index (χ1v) is 6.67. The van der Waals surface area contributed by atoms with E-state index in [4.69, 9.17) is 28.9 Å². The number of anilines is 1. The Kier molecular flexibility index (Phi) is 4.15. The molecule has 0 unspecified atom stereocenters. The molecule has 0 spiro atoms. The van der Waals surface area contributed by atoms with Gasteiger partial charge in [-0.15, -0.1) is 11.8 Å². The quantitative estimate of drug-likeness (QED) is 0.520. The maximum atomic E-state index is 6.08. The molecule has 1 heterocycles. The van der Waals surface area contributed by atoms with E-state index in [1.807, 2.05) is 18.2 Å². The Morgan fingerprint density at radius 2 is 2.00 bits per heavy atom. The summed E-state index contributed by atoms with van der Waals surface area (Å²) in [7, 11) is 0. The van der Waals surface area contributed by atoms with Crippen LogP contribution in [0.15, 0.2) is 41.4 Å². The second-order valence-corrected chi connectivity index (χ2v) is 5.28. The monoisotopic (exact) mass is 284 g/mol. The molecule has 2 nitrogen and oxygen atoms in total. The zero-order valence-electron chi connectivity index (χ0n) is 8.86. The van der Waals surface area contributed by atoms with Crippen LogP contribution >= 0.6 is 35.0 Å². The van der Waals surface area contributed by atoms with Crippen LogP contribution in [0.4, 0.5) is 5.69 Å². The highest BCUT2D eigenvalue weighted by Gasteiger charge is 2.02. The molecule has 2 N–H and O–H groups in total. The molecule has 0 saturated carbocycles. The number of pyridine rings is 1. The maximum absolute atomic E-state index is 6.08. The molecule has 2 rings (SSSR count). The zero-order valence-corrected chi connectivity index (χ0v) is 11.2. The van der Waals surface area contributed by atoms with Gasteiger partial charge in [-0.25, -0.2) is 4.98 Å². The van der Waals surface area contributed by atoms with Crippen LogP contribution in [-0.4, -0.2) is 4.98 Å². The first-order valence-electron chi connectivity index (χ1n) is 4.93. The largest absolute Gasteiger partial charge is 0.399 e. The van der Waals surface area contributed by atoms with Crippen LogP contribution in [0.25, 0.3) is 0 Å². The average Bonchev–Trinajstić information content (AvgIpc) is 2.30. The summed E-state index contributed by atoms with van der Waals surface area (Å²) in [4.78, 5) is 5.04. The number of thioether (sulfide) groups is 1. The molecule has 0 amide bonds. The minimum atomic E-state index is 0.504. The van der Waals surface area contributed by atoms with Gasteiger partial charge in [0.1, 0.15) is 5.15 Å². The van der Waals surface area contributed by atoms with Crippen LogP contribution < -0.4 is 5.73 Å². The zero-order chi connectivity index (χ0) is 12.3. The fraction of sp³-hybridized carbons (Fsp3) is 0.0833. The van der Waals surface area contributed by atoms with E-state index in [2.05, 4.69) is 4.98 Å². The first-order chi connectivity index (χ1) is 8.15. The second kappa shape index (κ2) is 5.63. The van der Waals surface area contributed by atoms with Gasteiger partial charge in [0.25, 0.3) is 0 Å². The van der Waals surface area contributed by atoms with E-state index in [9.17, 15) is 0 Å². The molecule has 0 bridgehead atoms. The number of hydrogen-bond acceptors (Lipinski definition) is 3. The Bertz CT molecular complexity index is 514. The third-order valence-electron chi connectivity index (χ3n) is 2.14. The minimum Gasteiger partial charge on any atom is -0.399 e. The molecule has 1 aromatic carbocycles. The van der Waals surface area contributed by atoms with Crippen molar-refractivity contribution in [3.05, 3.63) is 52.3 Å². The maximum Gasteiger partial charge on any atom is 0.129 e. The van der Waals surface area contributed by atoms with Crippen molar-refractivity contribution in [1.29, 1.82) is 0 Å². The number of halogens is 2. The van der Waals surface area contributed by atoms with E-state index in [1.165, 1.54) is 0 Å². The van der Waals surface area contributed by atoms with Gasteiger partial charge in [0, 0.05) is 22.5 Å². The van der Waals surface area contributed by atoms with Gasteiger partial charge in [-0.3, -0.25) is 0 Å². The molecule has 2 aromatic rings. The molecular weight excluding hydrogens is 275 g/mol. The number of hydrogen-bond donors (Lipinski definition) is 1. The number of nitrogens with zero attached hydrogens (tertiary/aromatic N) is 1. The van der Waals surface area contributed by atoms with Crippen molar-refractivity contribution >= 4 is 40.7 Å². The van der Waals surface area contributed by atoms with Gasteiger partial charge in [0.2, 0.25) is 0 Å². The molecule has 0 aliphatic carbocycles. The van der Waals surface area contributed by atoms with Gasteiger partial charge in [0.05, 0.1) is 5.02 Å². The van der Waals surface area contributed by atoms with Gasteiger partial charge in [0.15, 0.2) is 0 Å². The Morgan fingerprint density at radius 3 is 2.65 bits per heavy atom. The van der Waals surface area contributed by atoms with E-state index in [1.54, 1.807) is 30.1 Å². The summed E-state index contributed by atoms with van der Waals surface area (Å²) in [6.45, 7) is 0. The van der Waals surface area contributed by atoms with Crippen LogP contribution in [-0.2, 0) is 5.75 Å². The summed E-state index contributed by atoms with van der Waals surface area (Å²) in [6, 6.07) is 9.25. The number of nitrogens with two attached hydrogens (primary N) is 1. The smallest absolute Gasteiger partial charge is 0.129 e. The fourth-order valence-corrected chi connectivity index (χ4v) is 2.61. The summed E-state index contributed by atoms with van der Waals surface area (Å²) in [5.41, 5.74) is 7.41. The van der Waals surface area contributed by atoms with Crippen LogP contribution in [0.1, 0.15) is 5.56 Å². The average molecular weight is 285 g/mol. The minimum absolute atomic E-state index is 0.504. The standard InChI is InChI=1S/C12H10Cl2N2S/c13-10-5-9(15)2-3-11(10)17-7-8-1-4-12(14)16-6-8/h1-6H,7,15H2. The van der Waals surface area contributed by atoms with Gasteiger partial charge >= 0.3 is 0 Å². The third kappa shape index (κ3) is 3.53. The number of benzene rings is 1. The third-order valence-corrected chi connectivity index (χ3v) is 3.93. The SMILES string of the molecule is Nc1ccc(SCc2ccc(Cl)nc2)c(Cl)c1. The fourth-order valence-electron chi connectivity index (χ4n) is 1.29. The summed E-state index contributed by atoms with van der Waals surface area (Å²) in [6.07, 6.45) is 1.76. The van der Waals surface area contributed by atoms with Gasteiger partial charge in [-0.05, 0) is 29.8 Å². The van der Waals surface area contributed by atoms with Crippen molar-refractivity contribution in [3.8, 4) is 0 Å². The van der Waals surface area contributed by atoms with Crippen LogP contribution in [0, 0.1) is 0 Å². The molecule has 17 heavy (non-hydrogen) atoms. The number of aromatic nitrogens is 1. The van der Waals surface area contributed by atoms with Crippen LogP contribution in [0.3, 0.4) is 0 Å². The first kappa shape index (κ1) is 12.6. The molecule has 0 atom stereocenters. The lowest BCUT2D eigenvalue weighted by Gasteiger charge is -2.05. The lowest BCUT2D eigenvalue weighted by atomic mass is 10.3. The molecule has 5 heteroatoms. The van der Waals surface area contributed by atoms with Crippen molar-refractivity contribution in [3.63, 3.8) is 0 Å². The van der Waals surface area contributed by atoms with Gasteiger partial charge < -0.3 is 5.73 Å². The highest BCUT2D eigenvalue weighted by atomic mass is 35.5. The summed E-state index contributed by atoms with van der Waals surface area (Å²) < 4.78 is 0. The highest BCUT2D eigenvalue weighted by Crippen LogP contribution is 2.31. The Hall–Kier alpha value is -0.900. The second-order valence-electron chi connectivity index (χ2n) is 3.47. The lowest BCUT2D eigenvalue weighted by molar-refractivity contribution is 1.25. The molecular formula is C12H10Cl2N2S. The Labute approximate surface area is 114 Å². The van der Waals surface area contributed by atoms with E-state index in [-0.39, 0.29) is 0 Å². The molecule has 0 aliphatic rings. The van der Waals surface area contributed by atoms with E-state index in [0.29, 0.717) is 15.9 Å². The van der Waals surface area contributed by atoms with E-state index >= 15 is 0 Å². The van der Waals surface area contributed by atoms with Crippen molar-refractivity contribution in [2.24, 2.45) is 0 Å². The normalized spacial score (nSPS) is 10.5. The molecule has 0 radical (unpaired) electrons. The van der Waals surface area contributed by atoms with Gasteiger partial charge in [-0.2, -0.15) is 0 Å². The molecule has 88 valence electrons. The van der Waals surface area contributed by atoms with Crippen LogP contribution in [0.5, 0.6) is 0 Å². The molecule has 0 aliphatic heterocycles. The Morgan fingerprint density at radius 1 is 1.18 bits per heavy atom. The van der Waals surface area contributed by atoms with Gasteiger partial charge in [-0.1, -0.05) is 29.3 Å². The topological polar surface area (TPSA) is 38.9 Å². The summed E-state index contributed by atoms with van der Waals surface area (Å²) in [5.74, 6) is 0.799. The van der Waals surface area contributed by atoms with Crippen molar-refractivity contribution in [1.82, 2.24) is 4.98 Å². The Balaban J connectivity index is 2.04. The van der Waals surface area contributed by atoms with E-state index in [0.717, 1.165) is 16.2 Å². The summed E-state index contributed by atoms with van der Waals surface area (Å²) >= 11 is 13.4. The summed E-state index contributed by atoms with van der Waals surface area (Å²) in [5, 5.41) is 1.18.